The van der Waals surface area contributed by atoms with Gasteiger partial charge in [-0.15, -0.1) is 11.3 Å². The lowest BCUT2D eigenvalue weighted by Gasteiger charge is -2.05. The molecule has 1 aromatic heterocycles. The number of amides is 1. The van der Waals surface area contributed by atoms with Gasteiger partial charge in [-0.25, -0.2) is 4.98 Å². The minimum Gasteiger partial charge on any atom is -0.382 e. The molecular formula is C17H22N2O3S. The first-order valence-electron chi connectivity index (χ1n) is 7.52. The molecule has 124 valence electrons. The monoisotopic (exact) mass is 334 g/mol. The Kier molecular flexibility index (Phi) is 6.70. The van der Waals surface area contributed by atoms with Crippen molar-refractivity contribution >= 4 is 22.4 Å². The number of rotatable bonds is 8. The van der Waals surface area contributed by atoms with Crippen molar-refractivity contribution in [3.63, 3.8) is 0 Å². The Bertz CT molecular complexity index is 623. The highest BCUT2D eigenvalue weighted by atomic mass is 32.1. The maximum atomic E-state index is 11.7. The summed E-state index contributed by atoms with van der Waals surface area (Å²) in [5.41, 5.74) is 3.20. The van der Waals surface area contributed by atoms with Crippen molar-refractivity contribution in [3.8, 4) is 11.3 Å². The van der Waals surface area contributed by atoms with Gasteiger partial charge >= 0.3 is 0 Å². The third-order valence-corrected chi connectivity index (χ3v) is 4.05. The van der Waals surface area contributed by atoms with Crippen LogP contribution >= 0.6 is 11.3 Å². The molecule has 2 rings (SSSR count). The molecule has 1 N–H and O–H groups in total. The zero-order chi connectivity index (χ0) is 16.7. The van der Waals surface area contributed by atoms with Gasteiger partial charge in [0.15, 0.2) is 5.13 Å². The second-order valence-corrected chi connectivity index (χ2v) is 6.27. The zero-order valence-electron chi connectivity index (χ0n) is 13.7. The van der Waals surface area contributed by atoms with E-state index >= 15 is 0 Å². The topological polar surface area (TPSA) is 60.5 Å². The van der Waals surface area contributed by atoms with Crippen LogP contribution in [0.4, 0.5) is 5.13 Å². The molecule has 5 nitrogen and oxygen atoms in total. The normalized spacial score (nSPS) is 11.0. The first kappa shape index (κ1) is 17.6. The molecule has 1 amide bonds. The van der Waals surface area contributed by atoms with E-state index in [4.69, 9.17) is 9.47 Å². The van der Waals surface area contributed by atoms with E-state index in [-0.39, 0.29) is 12.5 Å². The minimum absolute atomic E-state index is 0.00135. The second-order valence-electron chi connectivity index (χ2n) is 5.41. The summed E-state index contributed by atoms with van der Waals surface area (Å²) in [6, 6.07) is 8.34. The van der Waals surface area contributed by atoms with Crippen molar-refractivity contribution in [3.05, 3.63) is 35.2 Å². The highest BCUT2D eigenvalue weighted by Gasteiger charge is 2.08. The van der Waals surface area contributed by atoms with Gasteiger partial charge < -0.3 is 9.47 Å². The van der Waals surface area contributed by atoms with Gasteiger partial charge in [0.05, 0.1) is 18.9 Å². The van der Waals surface area contributed by atoms with Crippen LogP contribution in [0.3, 0.4) is 0 Å². The molecule has 1 aromatic carbocycles. The fourth-order valence-corrected chi connectivity index (χ4v) is 2.70. The van der Waals surface area contributed by atoms with Crippen molar-refractivity contribution < 1.29 is 14.3 Å². The molecule has 0 saturated heterocycles. The predicted molar refractivity (Wildman–Crippen MR) is 93.0 cm³/mol. The molecule has 0 unspecified atom stereocenters. The van der Waals surface area contributed by atoms with Crippen LogP contribution < -0.4 is 5.32 Å². The number of hydrogen-bond acceptors (Lipinski definition) is 5. The summed E-state index contributed by atoms with van der Waals surface area (Å²) in [5, 5.41) is 5.25. The average molecular weight is 334 g/mol. The smallest absolute Gasteiger partial charge is 0.252 e. The standard InChI is InChI=1S/C17H22N2O3S/c1-12(2)13-4-6-14(7-5-13)15-11-23-17(18-15)19-16(20)10-22-9-8-21-3/h4-7,11-12H,8-10H2,1-3H3,(H,18,19,20). The van der Waals surface area contributed by atoms with Gasteiger partial charge in [0.1, 0.15) is 6.61 Å². The molecule has 0 fully saturated rings. The number of carbonyl (C=O) groups is 1. The van der Waals surface area contributed by atoms with E-state index in [9.17, 15) is 4.79 Å². The number of nitrogens with zero attached hydrogens (tertiary/aromatic N) is 1. The number of benzene rings is 1. The Morgan fingerprint density at radius 3 is 2.65 bits per heavy atom. The number of thiazole rings is 1. The molecular weight excluding hydrogens is 312 g/mol. The quantitative estimate of drug-likeness (QED) is 0.750. The SMILES string of the molecule is COCCOCC(=O)Nc1nc(-c2ccc(C(C)C)cc2)cs1. The van der Waals surface area contributed by atoms with E-state index in [2.05, 4.69) is 48.4 Å². The van der Waals surface area contributed by atoms with Gasteiger partial charge in [-0.05, 0) is 11.5 Å². The maximum Gasteiger partial charge on any atom is 0.252 e. The molecule has 6 heteroatoms. The van der Waals surface area contributed by atoms with Crippen molar-refractivity contribution in [1.82, 2.24) is 4.98 Å². The summed E-state index contributed by atoms with van der Waals surface area (Å²) in [5.74, 6) is 0.296. The number of methoxy groups -OCH3 is 1. The van der Waals surface area contributed by atoms with E-state index in [1.54, 1.807) is 7.11 Å². The number of ether oxygens (including phenoxy) is 2. The molecule has 0 aliphatic rings. The zero-order valence-corrected chi connectivity index (χ0v) is 14.5. The van der Waals surface area contributed by atoms with E-state index in [1.807, 2.05) is 5.38 Å². The number of nitrogens with one attached hydrogen (secondary N) is 1. The summed E-state index contributed by atoms with van der Waals surface area (Å²) in [4.78, 5) is 16.2. The molecule has 0 saturated carbocycles. The Balaban J connectivity index is 1.91. The lowest BCUT2D eigenvalue weighted by atomic mass is 10.0. The van der Waals surface area contributed by atoms with Crippen molar-refractivity contribution in [2.75, 3.05) is 32.2 Å². The Labute approximate surface area is 140 Å². The van der Waals surface area contributed by atoms with Gasteiger partial charge in [0.25, 0.3) is 5.91 Å². The number of carbonyl (C=O) groups excluding carboxylic acids is 1. The first-order chi connectivity index (χ1) is 11.1. The Morgan fingerprint density at radius 1 is 1.26 bits per heavy atom. The number of anilines is 1. The van der Waals surface area contributed by atoms with Crippen LogP contribution in [-0.4, -0.2) is 37.8 Å². The van der Waals surface area contributed by atoms with E-state index in [1.165, 1.54) is 16.9 Å². The summed E-state index contributed by atoms with van der Waals surface area (Å²) in [7, 11) is 1.59. The number of aromatic nitrogens is 1. The fraction of sp³-hybridized carbons (Fsp3) is 0.412. The summed E-state index contributed by atoms with van der Waals surface area (Å²) in [6.07, 6.45) is 0. The molecule has 23 heavy (non-hydrogen) atoms. The van der Waals surface area contributed by atoms with Crippen molar-refractivity contribution in [2.24, 2.45) is 0 Å². The van der Waals surface area contributed by atoms with Crippen molar-refractivity contribution in [2.45, 2.75) is 19.8 Å². The average Bonchev–Trinajstić information content (AvgIpc) is 3.00. The lowest BCUT2D eigenvalue weighted by molar-refractivity contribution is -0.121. The highest BCUT2D eigenvalue weighted by Crippen LogP contribution is 2.26. The summed E-state index contributed by atoms with van der Waals surface area (Å²) in [6.45, 7) is 5.21. The van der Waals surface area contributed by atoms with Crippen LogP contribution in [0.1, 0.15) is 25.3 Å². The van der Waals surface area contributed by atoms with Crippen LogP contribution in [0.2, 0.25) is 0 Å². The largest absolute Gasteiger partial charge is 0.382 e. The van der Waals surface area contributed by atoms with Crippen LogP contribution in [0.15, 0.2) is 29.6 Å². The van der Waals surface area contributed by atoms with Crippen LogP contribution in [-0.2, 0) is 14.3 Å². The third kappa shape index (κ3) is 5.42. The minimum atomic E-state index is -0.211. The molecule has 0 aliphatic carbocycles. The summed E-state index contributed by atoms with van der Waals surface area (Å²) < 4.78 is 10.0. The second kappa shape index (κ2) is 8.76. The van der Waals surface area contributed by atoms with Gasteiger partial charge in [-0.3, -0.25) is 10.1 Å². The first-order valence-corrected chi connectivity index (χ1v) is 8.40. The molecule has 0 radical (unpaired) electrons. The van der Waals surface area contributed by atoms with Crippen molar-refractivity contribution in [1.29, 1.82) is 0 Å². The Morgan fingerprint density at radius 2 is 2.00 bits per heavy atom. The molecule has 0 aliphatic heterocycles. The van der Waals surface area contributed by atoms with Crippen LogP contribution in [0.5, 0.6) is 0 Å². The molecule has 0 spiro atoms. The number of hydrogen-bond donors (Lipinski definition) is 1. The molecule has 0 bridgehead atoms. The molecule has 0 atom stereocenters. The third-order valence-electron chi connectivity index (χ3n) is 3.29. The summed E-state index contributed by atoms with van der Waals surface area (Å²) >= 11 is 1.40. The molecule has 1 heterocycles. The van der Waals surface area contributed by atoms with Gasteiger partial charge in [-0.2, -0.15) is 0 Å². The van der Waals surface area contributed by atoms with Gasteiger partial charge in [0.2, 0.25) is 0 Å². The molecule has 2 aromatic rings. The fourth-order valence-electron chi connectivity index (χ4n) is 1.96. The Hall–Kier alpha value is -1.76. The highest BCUT2D eigenvalue weighted by molar-refractivity contribution is 7.14. The maximum absolute atomic E-state index is 11.7. The van der Waals surface area contributed by atoms with E-state index < -0.39 is 0 Å². The predicted octanol–water partition coefficient (Wildman–Crippen LogP) is 3.54. The van der Waals surface area contributed by atoms with Gasteiger partial charge in [0, 0.05) is 18.1 Å². The van der Waals surface area contributed by atoms with Crippen LogP contribution in [0.25, 0.3) is 11.3 Å². The van der Waals surface area contributed by atoms with E-state index in [0.29, 0.717) is 24.3 Å². The lowest BCUT2D eigenvalue weighted by Crippen LogP contribution is -2.19. The van der Waals surface area contributed by atoms with Crippen LogP contribution in [0, 0.1) is 0 Å². The van der Waals surface area contributed by atoms with Gasteiger partial charge in [-0.1, -0.05) is 38.1 Å². The van der Waals surface area contributed by atoms with E-state index in [0.717, 1.165) is 11.3 Å².